The van der Waals surface area contributed by atoms with Crippen molar-refractivity contribution in [2.75, 3.05) is 20.2 Å². The number of methoxy groups -OCH3 is 1. The van der Waals surface area contributed by atoms with E-state index >= 15 is 0 Å². The van der Waals surface area contributed by atoms with Gasteiger partial charge in [-0.15, -0.1) is 0 Å². The van der Waals surface area contributed by atoms with E-state index in [-0.39, 0.29) is 29.8 Å². The van der Waals surface area contributed by atoms with Crippen LogP contribution in [0.5, 0.6) is 0 Å². The summed E-state index contributed by atoms with van der Waals surface area (Å²) in [6.07, 6.45) is 8.23. The third-order valence-electron chi connectivity index (χ3n) is 7.73. The minimum atomic E-state index is -1.02. The zero-order chi connectivity index (χ0) is 37.7. The largest absolute Gasteiger partial charge is 0.478 e. The third kappa shape index (κ3) is 17.0. The van der Waals surface area contributed by atoms with E-state index in [1.165, 1.54) is 23.0 Å². The molecule has 2 aliphatic rings. The summed E-state index contributed by atoms with van der Waals surface area (Å²) < 4.78 is 15.3. The van der Waals surface area contributed by atoms with Crippen LogP contribution in [0.4, 0.5) is 9.59 Å². The molecule has 4 atom stereocenters. The van der Waals surface area contributed by atoms with Crippen molar-refractivity contribution < 1.29 is 48.1 Å². The number of hydrogen-bond donors (Lipinski definition) is 1. The van der Waals surface area contributed by atoms with Gasteiger partial charge in [0.25, 0.3) is 0 Å². The smallest absolute Gasteiger partial charge is 0.410 e. The lowest BCUT2D eigenvalue weighted by atomic mass is 9.87. The molecule has 49 heavy (non-hydrogen) atoms. The summed E-state index contributed by atoms with van der Waals surface area (Å²) in [5, 5.41) is 8.78. The Balaban J connectivity index is 0.000000490. The molecule has 0 aliphatic carbocycles. The Morgan fingerprint density at radius 1 is 0.694 bits per heavy atom. The minimum Gasteiger partial charge on any atom is -0.478 e. The first kappa shape index (κ1) is 43.3. The van der Waals surface area contributed by atoms with E-state index in [2.05, 4.69) is 18.6 Å². The van der Waals surface area contributed by atoms with Crippen LogP contribution in [-0.2, 0) is 33.4 Å². The summed E-state index contributed by atoms with van der Waals surface area (Å²) >= 11 is 0. The van der Waals surface area contributed by atoms with E-state index in [1.54, 1.807) is 53.7 Å². The van der Waals surface area contributed by atoms with Crippen LogP contribution < -0.4 is 0 Å². The average Bonchev–Trinajstić information content (AvgIpc) is 2.86. The Kier molecular flexibility index (Phi) is 17.2. The van der Waals surface area contributed by atoms with Crippen LogP contribution in [0.2, 0.25) is 0 Å². The monoisotopic (exact) mass is 692 g/mol. The van der Waals surface area contributed by atoms with Gasteiger partial charge in [0, 0.05) is 38.1 Å². The molecule has 0 saturated carbocycles. The van der Waals surface area contributed by atoms with Gasteiger partial charge in [0.15, 0.2) is 11.6 Å². The number of carbonyl (C=O) groups is 6. The topological polar surface area (TPSA) is 157 Å². The molecule has 0 aromatic heterocycles. The van der Waals surface area contributed by atoms with Gasteiger partial charge in [0.1, 0.15) is 11.2 Å². The molecular formula is C37H60N2O10. The van der Waals surface area contributed by atoms with E-state index in [4.69, 9.17) is 14.6 Å². The number of amides is 2. The summed E-state index contributed by atoms with van der Waals surface area (Å²) in [7, 11) is 1.32. The summed E-state index contributed by atoms with van der Waals surface area (Å²) in [6.45, 7) is 20.0. The molecule has 278 valence electrons. The molecule has 0 unspecified atom stereocenters. The van der Waals surface area contributed by atoms with Crippen LogP contribution in [0, 0.1) is 23.7 Å². The van der Waals surface area contributed by atoms with Gasteiger partial charge in [-0.2, -0.15) is 0 Å². The van der Waals surface area contributed by atoms with Crippen LogP contribution in [0.1, 0.15) is 108 Å². The molecule has 0 spiro atoms. The number of ketones is 2. The van der Waals surface area contributed by atoms with Crippen LogP contribution >= 0.6 is 0 Å². The Hall–Kier alpha value is -3.70. The zero-order valence-electron chi connectivity index (χ0n) is 31.4. The highest BCUT2D eigenvalue weighted by Gasteiger charge is 2.41. The van der Waals surface area contributed by atoms with Crippen molar-refractivity contribution in [2.24, 2.45) is 23.7 Å². The van der Waals surface area contributed by atoms with Gasteiger partial charge in [-0.1, -0.05) is 39.8 Å². The highest BCUT2D eigenvalue weighted by molar-refractivity contribution is 5.90. The number of carboxylic acids is 1. The Morgan fingerprint density at radius 2 is 1.06 bits per heavy atom. The Labute approximate surface area is 292 Å². The summed E-state index contributed by atoms with van der Waals surface area (Å²) in [5.74, 6) is -0.907. The minimum absolute atomic E-state index is 0.0114. The maximum absolute atomic E-state index is 12.6. The first-order valence-corrected chi connectivity index (χ1v) is 17.2. The van der Waals surface area contributed by atoms with Crippen LogP contribution in [0.25, 0.3) is 0 Å². The fourth-order valence-electron chi connectivity index (χ4n) is 5.48. The lowest BCUT2D eigenvalue weighted by molar-refractivity contribution is -0.135. The summed E-state index contributed by atoms with van der Waals surface area (Å²) in [6, 6.07) is -0.872. The molecule has 12 heteroatoms. The maximum Gasteiger partial charge on any atom is 0.410 e. The van der Waals surface area contributed by atoms with E-state index in [9.17, 15) is 28.8 Å². The molecular weight excluding hydrogens is 632 g/mol. The van der Waals surface area contributed by atoms with Crippen LogP contribution in [-0.4, -0.2) is 94.1 Å². The number of ether oxygens (including phenoxy) is 3. The number of carbonyl (C=O) groups excluding carboxylic acids is 5. The predicted octanol–water partition coefficient (Wildman–Crippen LogP) is 6.60. The fraction of sp³-hybridized carbons (Fsp3) is 0.730. The maximum atomic E-state index is 12.6. The molecule has 2 saturated heterocycles. The molecule has 2 fully saturated rings. The number of nitrogens with zero attached hydrogens (tertiary/aromatic N) is 2. The summed E-state index contributed by atoms with van der Waals surface area (Å²) in [5.41, 5.74) is -1.17. The molecule has 2 heterocycles. The number of Topliss-reactive ketones (excluding diaryl/α,β-unsaturated/α-hetero) is 2. The number of likely N-dealkylation sites (tertiary alicyclic amines) is 2. The molecule has 2 amide bonds. The Bertz CT molecular complexity index is 1210. The number of carboxylic acid groups (broad SMARTS) is 1. The lowest BCUT2D eigenvalue weighted by Gasteiger charge is -2.40. The van der Waals surface area contributed by atoms with Crippen molar-refractivity contribution >= 4 is 35.7 Å². The second-order valence-corrected chi connectivity index (χ2v) is 15.7. The van der Waals surface area contributed by atoms with E-state index in [0.717, 1.165) is 18.9 Å². The van der Waals surface area contributed by atoms with Gasteiger partial charge in [0.2, 0.25) is 0 Å². The van der Waals surface area contributed by atoms with Crippen LogP contribution in [0.15, 0.2) is 24.3 Å². The average molecular weight is 693 g/mol. The number of allylic oxidation sites excluding steroid dienone is 2. The number of rotatable bonds is 14. The van der Waals surface area contributed by atoms with Gasteiger partial charge in [0.05, 0.1) is 19.2 Å². The SMILES string of the molecule is CC(C)C[C@@H](/C=C/C(=O)O)CC(=O)[C@@H]1CCN1C(=O)OC(C)(C)C.COC(=O)/C=C/[C@@H](CC(=O)[C@@H]1CCN1C(=O)OC(C)(C)C)CC(C)C. The zero-order valence-corrected chi connectivity index (χ0v) is 31.4. The van der Waals surface area contributed by atoms with E-state index in [0.29, 0.717) is 44.2 Å². The van der Waals surface area contributed by atoms with Gasteiger partial charge >= 0.3 is 24.1 Å². The fourth-order valence-corrected chi connectivity index (χ4v) is 5.48. The second-order valence-electron chi connectivity index (χ2n) is 15.7. The van der Waals surface area contributed by atoms with Gasteiger partial charge < -0.3 is 19.3 Å². The molecule has 12 nitrogen and oxygen atoms in total. The third-order valence-corrected chi connectivity index (χ3v) is 7.73. The first-order valence-electron chi connectivity index (χ1n) is 17.2. The molecule has 1 N–H and O–H groups in total. The molecule has 0 bridgehead atoms. The van der Waals surface area contributed by atoms with Crippen molar-refractivity contribution in [1.29, 1.82) is 0 Å². The van der Waals surface area contributed by atoms with Crippen molar-refractivity contribution in [3.63, 3.8) is 0 Å². The van der Waals surface area contributed by atoms with Gasteiger partial charge in [-0.25, -0.2) is 19.2 Å². The highest BCUT2D eigenvalue weighted by atomic mass is 16.6. The first-order chi connectivity index (χ1) is 22.5. The second kappa shape index (κ2) is 19.5. The normalized spacial score (nSPS) is 19.0. The van der Waals surface area contributed by atoms with Gasteiger partial charge in [-0.05, 0) is 90.9 Å². The molecule has 0 aromatic rings. The van der Waals surface area contributed by atoms with Crippen LogP contribution in [0.3, 0.4) is 0 Å². The van der Waals surface area contributed by atoms with Gasteiger partial charge in [-0.3, -0.25) is 19.4 Å². The van der Waals surface area contributed by atoms with Crippen molar-refractivity contribution in [3.8, 4) is 0 Å². The van der Waals surface area contributed by atoms with Crippen molar-refractivity contribution in [2.45, 2.75) is 131 Å². The molecule has 0 aromatic carbocycles. The van der Waals surface area contributed by atoms with Crippen molar-refractivity contribution in [3.05, 3.63) is 24.3 Å². The number of hydrogen-bond acceptors (Lipinski definition) is 9. The molecule has 2 rings (SSSR count). The Morgan fingerprint density at radius 3 is 1.33 bits per heavy atom. The predicted molar refractivity (Wildman–Crippen MR) is 186 cm³/mol. The number of aliphatic carboxylic acids is 1. The highest BCUT2D eigenvalue weighted by Crippen LogP contribution is 2.28. The van der Waals surface area contributed by atoms with Crippen molar-refractivity contribution in [1.82, 2.24) is 9.80 Å². The van der Waals surface area contributed by atoms with E-state index in [1.807, 2.05) is 13.8 Å². The standard InChI is InChI=1S/C19H31NO5.C18H29NO5/c1-13(2)11-14(7-8-17(22)24-6)12-16(21)15-9-10-20(15)18(23)25-19(3,4)5;1-12(2)10-13(6-7-16(21)22)11-15(20)14-8-9-19(14)17(23)24-18(3,4)5/h7-8,13-15H,9-12H2,1-6H3;6-7,12-14H,8-11H2,1-5H3,(H,21,22)/b8-7+;7-6+/t14-,15+;13-,14+/m11/s1. The lowest BCUT2D eigenvalue weighted by Crippen LogP contribution is -2.56. The molecule has 0 radical (unpaired) electrons. The summed E-state index contributed by atoms with van der Waals surface area (Å²) in [4.78, 5) is 74.3. The van der Waals surface area contributed by atoms with E-state index < -0.39 is 47.4 Å². The quantitative estimate of drug-likeness (QED) is 0.119. The molecule has 2 aliphatic heterocycles. The number of esters is 1.